The predicted octanol–water partition coefficient (Wildman–Crippen LogP) is 3.03. The lowest BCUT2D eigenvalue weighted by Crippen LogP contribution is -2.53. The van der Waals surface area contributed by atoms with Crippen molar-refractivity contribution in [2.45, 2.75) is 51.8 Å². The van der Waals surface area contributed by atoms with Crippen LogP contribution in [0.3, 0.4) is 0 Å². The van der Waals surface area contributed by atoms with Crippen LogP contribution in [0.25, 0.3) is 0 Å². The van der Waals surface area contributed by atoms with Crippen molar-refractivity contribution in [3.8, 4) is 0 Å². The fraction of sp³-hybridized carbons (Fsp3) is 0.579. The number of carbonyl (C=O) groups excluding carboxylic acids is 1. The summed E-state index contributed by atoms with van der Waals surface area (Å²) in [5.41, 5.74) is -0.318. The summed E-state index contributed by atoms with van der Waals surface area (Å²) in [6.45, 7) is 6.75. The molecule has 1 aromatic rings. The molecule has 1 heterocycles. The second-order valence-corrected chi connectivity index (χ2v) is 7.57. The second-order valence-electron chi connectivity index (χ2n) is 7.57. The molecule has 6 nitrogen and oxygen atoms in total. The van der Waals surface area contributed by atoms with Crippen LogP contribution >= 0.6 is 0 Å². The highest BCUT2D eigenvalue weighted by molar-refractivity contribution is 5.80. The number of hydrogen-bond acceptors (Lipinski definition) is 3. The number of likely N-dealkylation sites (tertiary alicyclic amines) is 1. The van der Waals surface area contributed by atoms with Gasteiger partial charge in [0.05, 0.1) is 0 Å². The highest BCUT2D eigenvalue weighted by Crippen LogP contribution is 2.15. The van der Waals surface area contributed by atoms with Gasteiger partial charge in [-0.3, -0.25) is 4.99 Å². The number of guanidine groups is 1. The lowest BCUT2D eigenvalue weighted by molar-refractivity contribution is 0.0193. The van der Waals surface area contributed by atoms with Crippen molar-refractivity contribution in [3.05, 3.63) is 35.4 Å². The number of benzene rings is 1. The van der Waals surface area contributed by atoms with Gasteiger partial charge in [-0.25, -0.2) is 13.6 Å². The zero-order valence-electron chi connectivity index (χ0n) is 16.3. The Morgan fingerprint density at radius 2 is 2.11 bits per heavy atom. The van der Waals surface area contributed by atoms with Crippen molar-refractivity contribution in [1.29, 1.82) is 0 Å². The molecule has 0 radical (unpaired) electrons. The van der Waals surface area contributed by atoms with Crippen LogP contribution in [0, 0.1) is 11.6 Å². The van der Waals surface area contributed by atoms with E-state index in [9.17, 15) is 13.6 Å². The molecule has 150 valence electrons. The fourth-order valence-corrected chi connectivity index (χ4v) is 2.83. The number of nitrogens with one attached hydrogen (secondary N) is 2. The zero-order valence-corrected chi connectivity index (χ0v) is 16.3. The van der Waals surface area contributed by atoms with Crippen LogP contribution in [-0.4, -0.2) is 48.7 Å². The Hall–Kier alpha value is -2.38. The van der Waals surface area contributed by atoms with Crippen molar-refractivity contribution < 1.29 is 18.3 Å². The number of carbonyl (C=O) groups is 1. The van der Waals surface area contributed by atoms with Crippen LogP contribution in [0.5, 0.6) is 0 Å². The summed E-state index contributed by atoms with van der Waals surface area (Å²) in [4.78, 5) is 18.0. The summed E-state index contributed by atoms with van der Waals surface area (Å²) in [7, 11) is 1.60. The summed E-state index contributed by atoms with van der Waals surface area (Å²) in [5, 5.41) is 6.21. The van der Waals surface area contributed by atoms with E-state index in [1.165, 1.54) is 0 Å². The molecule has 0 aromatic heterocycles. The first-order valence-corrected chi connectivity index (χ1v) is 9.07. The molecule has 2 N–H and O–H groups in total. The van der Waals surface area contributed by atoms with Gasteiger partial charge in [0.1, 0.15) is 17.2 Å². The van der Waals surface area contributed by atoms with Gasteiger partial charge in [-0.1, -0.05) is 0 Å². The van der Waals surface area contributed by atoms with Gasteiger partial charge in [0.15, 0.2) is 5.96 Å². The average Bonchev–Trinajstić information content (AvgIpc) is 2.60. The molecular formula is C19H28F2N4O2. The minimum atomic E-state index is -0.538. The highest BCUT2D eigenvalue weighted by Gasteiger charge is 2.28. The topological polar surface area (TPSA) is 66.0 Å². The molecule has 8 heteroatoms. The lowest BCUT2D eigenvalue weighted by Gasteiger charge is -2.35. The molecule has 2 rings (SSSR count). The van der Waals surface area contributed by atoms with Crippen LogP contribution < -0.4 is 10.6 Å². The molecule has 1 aliphatic rings. The van der Waals surface area contributed by atoms with E-state index in [1.807, 2.05) is 20.8 Å². The molecule has 1 aromatic carbocycles. The molecule has 1 atom stereocenters. The number of aliphatic imine (C=N–C) groups is 1. The normalized spacial score (nSPS) is 18.2. The first kappa shape index (κ1) is 20.9. The second kappa shape index (κ2) is 9.01. The molecule has 0 bridgehead atoms. The van der Waals surface area contributed by atoms with Crippen molar-refractivity contribution in [2.24, 2.45) is 4.99 Å². The smallest absolute Gasteiger partial charge is 0.410 e. The van der Waals surface area contributed by atoms with E-state index >= 15 is 0 Å². The molecule has 0 saturated carbocycles. The molecular weight excluding hydrogens is 354 g/mol. The molecule has 1 aliphatic heterocycles. The Morgan fingerprint density at radius 1 is 1.37 bits per heavy atom. The van der Waals surface area contributed by atoms with Crippen molar-refractivity contribution >= 4 is 12.1 Å². The molecule has 27 heavy (non-hydrogen) atoms. The molecule has 0 aliphatic carbocycles. The SMILES string of the molecule is CN=C(NCc1cc(F)ccc1F)NC1CCCN(C(=O)OC(C)(C)C)C1. The Labute approximate surface area is 159 Å². The van der Waals surface area contributed by atoms with Crippen LogP contribution in [0.1, 0.15) is 39.2 Å². The van der Waals surface area contributed by atoms with E-state index in [2.05, 4.69) is 15.6 Å². The van der Waals surface area contributed by atoms with E-state index in [0.717, 1.165) is 31.0 Å². The average molecular weight is 382 g/mol. The van der Waals surface area contributed by atoms with Crippen molar-refractivity contribution in [1.82, 2.24) is 15.5 Å². The summed E-state index contributed by atoms with van der Waals surface area (Å²) in [6, 6.07) is 3.33. The number of rotatable bonds is 3. The first-order valence-electron chi connectivity index (χ1n) is 9.07. The van der Waals surface area contributed by atoms with Gasteiger partial charge in [-0.15, -0.1) is 0 Å². The summed E-state index contributed by atoms with van der Waals surface area (Å²) in [6.07, 6.45) is 1.37. The van der Waals surface area contributed by atoms with Crippen LogP contribution in [0.4, 0.5) is 13.6 Å². The van der Waals surface area contributed by atoms with Gasteiger partial charge in [0.25, 0.3) is 0 Å². The van der Waals surface area contributed by atoms with Gasteiger partial charge >= 0.3 is 6.09 Å². The van der Waals surface area contributed by atoms with E-state index in [4.69, 9.17) is 4.74 Å². The van der Waals surface area contributed by atoms with E-state index < -0.39 is 17.2 Å². The van der Waals surface area contributed by atoms with Gasteiger partial charge in [-0.05, 0) is 51.8 Å². The number of hydrogen-bond donors (Lipinski definition) is 2. The summed E-state index contributed by atoms with van der Waals surface area (Å²) < 4.78 is 32.4. The van der Waals surface area contributed by atoms with Crippen molar-refractivity contribution in [2.75, 3.05) is 20.1 Å². The maximum atomic E-state index is 13.7. The summed E-state index contributed by atoms with van der Waals surface area (Å²) in [5.74, 6) is -0.501. The third kappa shape index (κ3) is 6.69. The molecule has 1 fully saturated rings. The Kier molecular flexibility index (Phi) is 6.98. The Balaban J connectivity index is 1.90. The largest absolute Gasteiger partial charge is 0.444 e. The number of amides is 1. The van der Waals surface area contributed by atoms with Gasteiger partial charge in [0.2, 0.25) is 0 Å². The number of piperidine rings is 1. The van der Waals surface area contributed by atoms with Gasteiger partial charge < -0.3 is 20.3 Å². The summed E-state index contributed by atoms with van der Waals surface area (Å²) >= 11 is 0. The molecule has 1 amide bonds. The Morgan fingerprint density at radius 3 is 2.78 bits per heavy atom. The van der Waals surface area contributed by atoms with Gasteiger partial charge in [-0.2, -0.15) is 0 Å². The maximum absolute atomic E-state index is 13.7. The fourth-order valence-electron chi connectivity index (χ4n) is 2.83. The van der Waals surface area contributed by atoms with Crippen molar-refractivity contribution in [3.63, 3.8) is 0 Å². The van der Waals surface area contributed by atoms with Crippen LogP contribution in [-0.2, 0) is 11.3 Å². The first-order chi connectivity index (χ1) is 12.7. The predicted molar refractivity (Wildman–Crippen MR) is 101 cm³/mol. The maximum Gasteiger partial charge on any atom is 0.410 e. The number of ether oxygens (including phenoxy) is 1. The van der Waals surface area contributed by atoms with E-state index in [0.29, 0.717) is 19.0 Å². The quantitative estimate of drug-likeness (QED) is 0.623. The van der Waals surface area contributed by atoms with Gasteiger partial charge in [0, 0.05) is 38.3 Å². The van der Waals surface area contributed by atoms with E-state index in [-0.39, 0.29) is 24.2 Å². The zero-order chi connectivity index (χ0) is 20.0. The van der Waals surface area contributed by atoms with E-state index in [1.54, 1.807) is 11.9 Å². The minimum absolute atomic E-state index is 0.00479. The molecule has 0 spiro atoms. The standard InChI is InChI=1S/C19H28F2N4O2/c1-19(2,3)27-18(26)25-9-5-6-15(12-25)24-17(22-4)23-11-13-10-14(20)7-8-16(13)21/h7-8,10,15H,5-6,9,11-12H2,1-4H3,(H2,22,23,24). The third-order valence-corrected chi connectivity index (χ3v) is 4.09. The highest BCUT2D eigenvalue weighted by atomic mass is 19.1. The third-order valence-electron chi connectivity index (χ3n) is 4.09. The number of nitrogens with zero attached hydrogens (tertiary/aromatic N) is 2. The molecule has 1 unspecified atom stereocenters. The number of halogens is 2. The van der Waals surface area contributed by atoms with Crippen LogP contribution in [0.2, 0.25) is 0 Å². The Bertz CT molecular complexity index is 689. The monoisotopic (exact) mass is 382 g/mol. The lowest BCUT2D eigenvalue weighted by atomic mass is 10.1. The molecule has 1 saturated heterocycles. The van der Waals surface area contributed by atoms with Crippen LogP contribution in [0.15, 0.2) is 23.2 Å². The minimum Gasteiger partial charge on any atom is -0.444 e.